The zero-order valence-corrected chi connectivity index (χ0v) is 13.7. The van der Waals surface area contributed by atoms with Crippen LogP contribution in [0.2, 0.25) is 5.02 Å². The molecule has 0 bridgehead atoms. The Hall–Kier alpha value is -3.25. The number of aromatic nitrogens is 4. The summed E-state index contributed by atoms with van der Waals surface area (Å²) in [5.74, 6) is 0.180. The van der Waals surface area contributed by atoms with Crippen molar-refractivity contribution in [2.45, 2.75) is 0 Å². The number of carbonyl (C=O) groups is 1. The Balaban J connectivity index is 2.04. The standard InChI is InChI=1S/C18H12ClN5O/c19-13-3-1-12(2-4-13)16-17(14-5-7-21-18(20)22-14)24-8-6-11(10-25)9-15(24)23-16/h1-10H,(H2,20,21,22). The smallest absolute Gasteiger partial charge is 0.220 e. The summed E-state index contributed by atoms with van der Waals surface area (Å²) < 4.78 is 1.87. The van der Waals surface area contributed by atoms with Crippen molar-refractivity contribution in [2.75, 3.05) is 5.73 Å². The largest absolute Gasteiger partial charge is 0.368 e. The van der Waals surface area contributed by atoms with E-state index in [9.17, 15) is 4.79 Å². The van der Waals surface area contributed by atoms with Gasteiger partial charge in [0.2, 0.25) is 5.95 Å². The van der Waals surface area contributed by atoms with E-state index in [-0.39, 0.29) is 5.95 Å². The summed E-state index contributed by atoms with van der Waals surface area (Å²) in [6, 6.07) is 12.6. The average molecular weight is 350 g/mol. The number of aldehydes is 1. The van der Waals surface area contributed by atoms with Gasteiger partial charge < -0.3 is 5.73 Å². The van der Waals surface area contributed by atoms with E-state index in [1.807, 2.05) is 16.5 Å². The molecular weight excluding hydrogens is 338 g/mol. The molecular formula is C18H12ClN5O. The Morgan fingerprint density at radius 3 is 2.60 bits per heavy atom. The van der Waals surface area contributed by atoms with Gasteiger partial charge in [-0.2, -0.15) is 0 Å². The number of halogens is 1. The first-order valence-corrected chi connectivity index (χ1v) is 7.85. The molecule has 0 aliphatic rings. The number of carbonyl (C=O) groups excluding carboxylic acids is 1. The van der Waals surface area contributed by atoms with Crippen LogP contribution < -0.4 is 5.73 Å². The normalized spacial score (nSPS) is 10.9. The van der Waals surface area contributed by atoms with Gasteiger partial charge in [0.05, 0.1) is 17.1 Å². The lowest BCUT2D eigenvalue weighted by molar-refractivity contribution is 0.112. The Kier molecular flexibility index (Phi) is 3.66. The van der Waals surface area contributed by atoms with Crippen LogP contribution in [0.25, 0.3) is 28.3 Å². The minimum atomic E-state index is 0.180. The number of imidazole rings is 1. The Morgan fingerprint density at radius 2 is 1.88 bits per heavy atom. The van der Waals surface area contributed by atoms with Crippen molar-refractivity contribution in [3.05, 3.63) is 65.4 Å². The van der Waals surface area contributed by atoms with Gasteiger partial charge in [0.15, 0.2) is 0 Å². The van der Waals surface area contributed by atoms with E-state index < -0.39 is 0 Å². The van der Waals surface area contributed by atoms with E-state index in [0.717, 1.165) is 23.2 Å². The lowest BCUT2D eigenvalue weighted by Gasteiger charge is -2.06. The molecule has 0 spiro atoms. The third-order valence-corrected chi connectivity index (χ3v) is 4.07. The molecule has 3 heterocycles. The van der Waals surface area contributed by atoms with Crippen LogP contribution in [-0.4, -0.2) is 25.6 Å². The highest BCUT2D eigenvalue weighted by molar-refractivity contribution is 6.30. The van der Waals surface area contributed by atoms with Crippen LogP contribution >= 0.6 is 11.6 Å². The predicted octanol–water partition coefficient (Wildman–Crippen LogP) is 3.51. The van der Waals surface area contributed by atoms with Crippen molar-refractivity contribution in [1.29, 1.82) is 0 Å². The Labute approximate surface area is 147 Å². The van der Waals surface area contributed by atoms with E-state index >= 15 is 0 Å². The number of nitrogen functional groups attached to an aromatic ring is 1. The van der Waals surface area contributed by atoms with Gasteiger partial charge in [-0.25, -0.2) is 15.0 Å². The summed E-state index contributed by atoms with van der Waals surface area (Å²) in [6.45, 7) is 0. The third kappa shape index (κ3) is 2.72. The fourth-order valence-corrected chi connectivity index (χ4v) is 2.82. The van der Waals surface area contributed by atoms with Gasteiger partial charge in [0.1, 0.15) is 11.9 Å². The maximum atomic E-state index is 11.1. The molecule has 4 aromatic rings. The molecule has 6 nitrogen and oxygen atoms in total. The van der Waals surface area contributed by atoms with E-state index in [1.54, 1.807) is 42.7 Å². The van der Waals surface area contributed by atoms with E-state index in [4.69, 9.17) is 17.3 Å². The van der Waals surface area contributed by atoms with Gasteiger partial charge >= 0.3 is 0 Å². The van der Waals surface area contributed by atoms with Gasteiger partial charge in [-0.3, -0.25) is 9.20 Å². The third-order valence-electron chi connectivity index (χ3n) is 3.82. The fraction of sp³-hybridized carbons (Fsp3) is 0. The average Bonchev–Trinajstić information content (AvgIpc) is 3.00. The second kappa shape index (κ2) is 5.99. The van der Waals surface area contributed by atoms with Gasteiger partial charge in [-0.15, -0.1) is 0 Å². The molecule has 7 heteroatoms. The van der Waals surface area contributed by atoms with Crippen molar-refractivity contribution in [3.63, 3.8) is 0 Å². The van der Waals surface area contributed by atoms with E-state index in [1.165, 1.54) is 0 Å². The molecule has 0 radical (unpaired) electrons. The Morgan fingerprint density at radius 1 is 1.08 bits per heavy atom. The van der Waals surface area contributed by atoms with E-state index in [0.29, 0.717) is 21.9 Å². The molecule has 0 saturated carbocycles. The number of rotatable bonds is 3. The summed E-state index contributed by atoms with van der Waals surface area (Å²) in [5, 5.41) is 0.642. The first-order valence-electron chi connectivity index (χ1n) is 7.48. The first-order chi connectivity index (χ1) is 12.2. The maximum Gasteiger partial charge on any atom is 0.220 e. The minimum absolute atomic E-state index is 0.180. The van der Waals surface area contributed by atoms with Crippen molar-refractivity contribution >= 4 is 29.5 Å². The van der Waals surface area contributed by atoms with Crippen molar-refractivity contribution in [1.82, 2.24) is 19.4 Å². The molecule has 0 saturated heterocycles. The van der Waals surface area contributed by atoms with Gasteiger partial charge in [0.25, 0.3) is 0 Å². The molecule has 0 aliphatic carbocycles. The summed E-state index contributed by atoms with van der Waals surface area (Å²) in [4.78, 5) is 24.0. The zero-order valence-electron chi connectivity index (χ0n) is 12.9. The molecule has 0 aliphatic heterocycles. The molecule has 25 heavy (non-hydrogen) atoms. The molecule has 3 aromatic heterocycles. The summed E-state index contributed by atoms with van der Waals surface area (Å²) in [5.41, 5.74) is 9.95. The highest BCUT2D eigenvalue weighted by atomic mass is 35.5. The topological polar surface area (TPSA) is 86.2 Å². The highest BCUT2D eigenvalue weighted by Gasteiger charge is 2.17. The monoisotopic (exact) mass is 349 g/mol. The van der Waals surface area contributed by atoms with Crippen LogP contribution in [0.4, 0.5) is 5.95 Å². The number of benzene rings is 1. The van der Waals surface area contributed by atoms with Crippen molar-refractivity contribution in [3.8, 4) is 22.6 Å². The van der Waals surface area contributed by atoms with Crippen LogP contribution in [-0.2, 0) is 0 Å². The number of fused-ring (bicyclic) bond motifs is 1. The van der Waals surface area contributed by atoms with E-state index in [2.05, 4.69) is 15.0 Å². The summed E-state index contributed by atoms with van der Waals surface area (Å²) in [6.07, 6.45) is 4.18. The van der Waals surface area contributed by atoms with Crippen molar-refractivity contribution < 1.29 is 4.79 Å². The number of hydrogen-bond acceptors (Lipinski definition) is 5. The highest BCUT2D eigenvalue weighted by Crippen LogP contribution is 2.32. The fourth-order valence-electron chi connectivity index (χ4n) is 2.69. The molecule has 1 aromatic carbocycles. The second-order valence-electron chi connectivity index (χ2n) is 5.42. The molecule has 2 N–H and O–H groups in total. The number of nitrogens with two attached hydrogens (primary N) is 1. The van der Waals surface area contributed by atoms with Crippen molar-refractivity contribution in [2.24, 2.45) is 0 Å². The SMILES string of the molecule is Nc1nccc(-c2c(-c3ccc(Cl)cc3)nc3cc(C=O)ccn23)n1. The molecule has 4 rings (SSSR count). The zero-order chi connectivity index (χ0) is 17.4. The minimum Gasteiger partial charge on any atom is -0.368 e. The van der Waals surface area contributed by atoms with Crippen LogP contribution in [0.15, 0.2) is 54.9 Å². The number of nitrogens with zero attached hydrogens (tertiary/aromatic N) is 4. The maximum absolute atomic E-state index is 11.1. The second-order valence-corrected chi connectivity index (χ2v) is 5.86. The Bertz CT molecular complexity index is 1090. The molecule has 0 amide bonds. The predicted molar refractivity (Wildman–Crippen MR) is 96.5 cm³/mol. The molecule has 0 atom stereocenters. The van der Waals surface area contributed by atoms with Gasteiger partial charge in [-0.1, -0.05) is 23.7 Å². The molecule has 0 unspecified atom stereocenters. The van der Waals surface area contributed by atoms with Crippen LogP contribution in [0.5, 0.6) is 0 Å². The summed E-state index contributed by atoms with van der Waals surface area (Å²) >= 11 is 5.99. The number of pyridine rings is 1. The van der Waals surface area contributed by atoms with Gasteiger partial charge in [-0.05, 0) is 30.3 Å². The number of anilines is 1. The first kappa shape index (κ1) is 15.3. The van der Waals surface area contributed by atoms with Crippen LogP contribution in [0, 0.1) is 0 Å². The lowest BCUT2D eigenvalue weighted by atomic mass is 10.1. The van der Waals surface area contributed by atoms with Crippen LogP contribution in [0.3, 0.4) is 0 Å². The summed E-state index contributed by atoms with van der Waals surface area (Å²) in [7, 11) is 0. The molecule has 122 valence electrons. The van der Waals surface area contributed by atoms with Gasteiger partial charge in [0, 0.05) is 28.5 Å². The number of hydrogen-bond donors (Lipinski definition) is 1. The van der Waals surface area contributed by atoms with Crippen LogP contribution in [0.1, 0.15) is 10.4 Å². The molecule has 0 fully saturated rings. The quantitative estimate of drug-likeness (QED) is 0.572. The lowest BCUT2D eigenvalue weighted by Crippen LogP contribution is -1.98.